The van der Waals surface area contributed by atoms with Gasteiger partial charge in [0.15, 0.2) is 0 Å². The minimum Gasteiger partial charge on any atom is -0.351 e. The van der Waals surface area contributed by atoms with E-state index in [1.807, 2.05) is 6.07 Å². The number of rotatable bonds is 3. The Morgan fingerprint density at radius 2 is 1.84 bits per heavy atom. The SMILES string of the molecule is CC(=O)NC1(C)CCN(Cc2ccccc2)CC1.Cl. The Morgan fingerprint density at radius 1 is 1.26 bits per heavy atom. The van der Waals surface area contributed by atoms with Crippen LogP contribution in [-0.4, -0.2) is 29.4 Å². The van der Waals surface area contributed by atoms with Crippen LogP contribution in [0.3, 0.4) is 0 Å². The van der Waals surface area contributed by atoms with Gasteiger partial charge in [-0.3, -0.25) is 9.69 Å². The average molecular weight is 283 g/mol. The molecule has 0 saturated carbocycles. The Kier molecular flexibility index (Phi) is 5.83. The summed E-state index contributed by atoms with van der Waals surface area (Å²) >= 11 is 0. The van der Waals surface area contributed by atoms with Crippen LogP contribution in [0.5, 0.6) is 0 Å². The monoisotopic (exact) mass is 282 g/mol. The lowest BCUT2D eigenvalue weighted by Gasteiger charge is -2.39. The second-order valence-corrected chi connectivity index (χ2v) is 5.50. The molecule has 0 bridgehead atoms. The first-order valence-corrected chi connectivity index (χ1v) is 6.62. The van der Waals surface area contributed by atoms with Crippen LogP contribution >= 0.6 is 12.4 Å². The average Bonchev–Trinajstić information content (AvgIpc) is 2.33. The molecule has 106 valence electrons. The Labute approximate surface area is 121 Å². The molecule has 1 aromatic rings. The third-order valence-electron chi connectivity index (χ3n) is 3.69. The minimum atomic E-state index is -0.0149. The summed E-state index contributed by atoms with van der Waals surface area (Å²) in [7, 11) is 0. The number of benzene rings is 1. The van der Waals surface area contributed by atoms with E-state index in [1.54, 1.807) is 6.92 Å². The summed E-state index contributed by atoms with van der Waals surface area (Å²) in [6, 6.07) is 10.6. The predicted molar refractivity (Wildman–Crippen MR) is 80.4 cm³/mol. The van der Waals surface area contributed by atoms with Crippen molar-refractivity contribution in [2.24, 2.45) is 0 Å². The van der Waals surface area contributed by atoms with Gasteiger partial charge in [0.05, 0.1) is 0 Å². The van der Waals surface area contributed by atoms with Gasteiger partial charge in [0.25, 0.3) is 0 Å². The van der Waals surface area contributed by atoms with Crippen LogP contribution in [0.25, 0.3) is 0 Å². The van der Waals surface area contributed by atoms with Gasteiger partial charge in [-0.25, -0.2) is 0 Å². The molecule has 1 heterocycles. The number of carbonyl (C=O) groups is 1. The van der Waals surface area contributed by atoms with Crippen molar-refractivity contribution in [1.82, 2.24) is 10.2 Å². The Hall–Kier alpha value is -1.06. The number of carbonyl (C=O) groups excluding carboxylic acids is 1. The fourth-order valence-electron chi connectivity index (χ4n) is 2.60. The zero-order valence-corrected chi connectivity index (χ0v) is 12.5. The summed E-state index contributed by atoms with van der Waals surface area (Å²) in [5.74, 6) is 0.0778. The van der Waals surface area contributed by atoms with Crippen molar-refractivity contribution >= 4 is 18.3 Å². The molecule has 0 radical (unpaired) electrons. The summed E-state index contributed by atoms with van der Waals surface area (Å²) < 4.78 is 0. The topological polar surface area (TPSA) is 32.3 Å². The fraction of sp³-hybridized carbons (Fsp3) is 0.533. The zero-order chi connectivity index (χ0) is 13.0. The summed E-state index contributed by atoms with van der Waals surface area (Å²) in [5.41, 5.74) is 1.35. The van der Waals surface area contributed by atoms with Gasteiger partial charge in [-0.15, -0.1) is 12.4 Å². The van der Waals surface area contributed by atoms with Crippen molar-refractivity contribution < 1.29 is 4.79 Å². The molecule has 0 atom stereocenters. The molecule has 0 spiro atoms. The predicted octanol–water partition coefficient (Wildman–Crippen LogP) is 2.60. The van der Waals surface area contributed by atoms with Crippen molar-refractivity contribution in [3.8, 4) is 0 Å². The second-order valence-electron chi connectivity index (χ2n) is 5.50. The maximum atomic E-state index is 11.2. The van der Waals surface area contributed by atoms with E-state index < -0.39 is 0 Å². The molecule has 1 amide bonds. The van der Waals surface area contributed by atoms with Crippen LogP contribution < -0.4 is 5.32 Å². The van der Waals surface area contributed by atoms with E-state index in [1.165, 1.54) is 5.56 Å². The maximum Gasteiger partial charge on any atom is 0.217 e. The molecule has 2 rings (SSSR count). The number of halogens is 1. The lowest BCUT2D eigenvalue weighted by molar-refractivity contribution is -0.121. The molecule has 1 aliphatic rings. The zero-order valence-electron chi connectivity index (χ0n) is 11.7. The third kappa shape index (κ3) is 4.84. The van der Waals surface area contributed by atoms with E-state index >= 15 is 0 Å². The van der Waals surface area contributed by atoms with Gasteiger partial charge in [0.2, 0.25) is 5.91 Å². The molecule has 1 aliphatic heterocycles. The van der Waals surface area contributed by atoms with Crippen LogP contribution in [0.15, 0.2) is 30.3 Å². The number of piperidine rings is 1. The van der Waals surface area contributed by atoms with Gasteiger partial charge in [-0.1, -0.05) is 30.3 Å². The highest BCUT2D eigenvalue weighted by atomic mass is 35.5. The molecule has 3 nitrogen and oxygen atoms in total. The van der Waals surface area contributed by atoms with E-state index in [0.717, 1.165) is 32.5 Å². The summed E-state index contributed by atoms with van der Waals surface area (Å²) in [4.78, 5) is 13.6. The largest absolute Gasteiger partial charge is 0.351 e. The highest BCUT2D eigenvalue weighted by Crippen LogP contribution is 2.22. The van der Waals surface area contributed by atoms with E-state index in [9.17, 15) is 4.79 Å². The standard InChI is InChI=1S/C15H22N2O.ClH/c1-13(18)16-15(2)8-10-17(11-9-15)12-14-6-4-3-5-7-14;/h3-7H,8-12H2,1-2H3,(H,16,18);1H. The number of hydrogen-bond acceptors (Lipinski definition) is 2. The molecular formula is C15H23ClN2O. The number of hydrogen-bond donors (Lipinski definition) is 1. The summed E-state index contributed by atoms with van der Waals surface area (Å²) in [6.07, 6.45) is 2.05. The summed E-state index contributed by atoms with van der Waals surface area (Å²) in [5, 5.41) is 3.08. The maximum absolute atomic E-state index is 11.2. The van der Waals surface area contributed by atoms with Gasteiger partial charge in [0, 0.05) is 32.1 Å². The normalized spacial score (nSPS) is 18.4. The first-order valence-electron chi connectivity index (χ1n) is 6.62. The van der Waals surface area contributed by atoms with Gasteiger partial charge >= 0.3 is 0 Å². The lowest BCUT2D eigenvalue weighted by atomic mass is 9.89. The molecule has 1 N–H and O–H groups in total. The van der Waals surface area contributed by atoms with Gasteiger partial charge in [-0.05, 0) is 25.3 Å². The minimum absolute atomic E-state index is 0. The van der Waals surface area contributed by atoms with Crippen LogP contribution in [-0.2, 0) is 11.3 Å². The molecular weight excluding hydrogens is 260 g/mol. The van der Waals surface area contributed by atoms with Crippen LogP contribution in [0.4, 0.5) is 0 Å². The van der Waals surface area contributed by atoms with E-state index in [4.69, 9.17) is 0 Å². The van der Waals surface area contributed by atoms with Gasteiger partial charge in [0.1, 0.15) is 0 Å². The van der Waals surface area contributed by atoms with Crippen molar-refractivity contribution in [3.63, 3.8) is 0 Å². The Balaban J connectivity index is 0.00000180. The van der Waals surface area contributed by atoms with Crippen molar-refractivity contribution in [2.75, 3.05) is 13.1 Å². The quantitative estimate of drug-likeness (QED) is 0.924. The first kappa shape index (κ1) is 16.0. The van der Waals surface area contributed by atoms with Crippen molar-refractivity contribution in [2.45, 2.75) is 38.8 Å². The lowest BCUT2D eigenvalue weighted by Crippen LogP contribution is -2.52. The fourth-order valence-corrected chi connectivity index (χ4v) is 2.60. The van der Waals surface area contributed by atoms with Crippen molar-refractivity contribution in [3.05, 3.63) is 35.9 Å². The Bertz CT molecular complexity index is 400. The van der Waals surface area contributed by atoms with Crippen molar-refractivity contribution in [1.29, 1.82) is 0 Å². The third-order valence-corrected chi connectivity index (χ3v) is 3.69. The number of likely N-dealkylation sites (tertiary alicyclic amines) is 1. The number of nitrogens with zero attached hydrogens (tertiary/aromatic N) is 1. The van der Waals surface area contributed by atoms with Crippen LogP contribution in [0, 0.1) is 0 Å². The smallest absolute Gasteiger partial charge is 0.217 e. The molecule has 0 unspecified atom stereocenters. The van der Waals surface area contributed by atoms with Crippen LogP contribution in [0.1, 0.15) is 32.3 Å². The number of nitrogens with one attached hydrogen (secondary N) is 1. The molecule has 1 aromatic carbocycles. The second kappa shape index (κ2) is 6.92. The van der Waals surface area contributed by atoms with Crippen LogP contribution in [0.2, 0.25) is 0 Å². The van der Waals surface area contributed by atoms with E-state index in [0.29, 0.717) is 0 Å². The highest BCUT2D eigenvalue weighted by Gasteiger charge is 2.30. The van der Waals surface area contributed by atoms with Gasteiger partial charge in [-0.2, -0.15) is 0 Å². The number of amides is 1. The Morgan fingerprint density at radius 3 is 2.37 bits per heavy atom. The summed E-state index contributed by atoms with van der Waals surface area (Å²) in [6.45, 7) is 6.85. The first-order chi connectivity index (χ1) is 8.57. The molecule has 1 fully saturated rings. The highest BCUT2D eigenvalue weighted by molar-refractivity contribution is 5.85. The molecule has 0 aromatic heterocycles. The molecule has 19 heavy (non-hydrogen) atoms. The van der Waals surface area contributed by atoms with E-state index in [2.05, 4.69) is 41.4 Å². The molecule has 0 aliphatic carbocycles. The molecule has 4 heteroatoms. The van der Waals surface area contributed by atoms with Gasteiger partial charge < -0.3 is 5.32 Å². The van der Waals surface area contributed by atoms with E-state index in [-0.39, 0.29) is 23.9 Å². The molecule has 1 saturated heterocycles.